The lowest BCUT2D eigenvalue weighted by atomic mass is 10.1. The van der Waals surface area contributed by atoms with Crippen molar-refractivity contribution >= 4 is 11.9 Å². The van der Waals surface area contributed by atoms with Crippen LogP contribution in [-0.2, 0) is 29.3 Å². The van der Waals surface area contributed by atoms with Gasteiger partial charge in [-0.25, -0.2) is 9.59 Å². The SMILES string of the molecule is COc1ccc(CN2CCN(Cc3cccnc3)CC2)cc1OCc1ccccc1.O=C(O)C(=O)O. The number of methoxy groups -OCH3 is 1. The van der Waals surface area contributed by atoms with Gasteiger partial charge in [-0.1, -0.05) is 42.5 Å². The molecule has 1 saturated heterocycles. The molecule has 1 aliphatic rings. The lowest BCUT2D eigenvalue weighted by Gasteiger charge is -2.34. The van der Waals surface area contributed by atoms with Crippen molar-refractivity contribution in [2.24, 2.45) is 0 Å². The highest BCUT2D eigenvalue weighted by atomic mass is 16.5. The Hall–Kier alpha value is -3.95. The van der Waals surface area contributed by atoms with E-state index in [9.17, 15) is 0 Å². The first kappa shape index (κ1) is 26.7. The molecule has 4 rings (SSSR count). The maximum absolute atomic E-state index is 9.10. The molecule has 9 nitrogen and oxygen atoms in total. The smallest absolute Gasteiger partial charge is 0.414 e. The van der Waals surface area contributed by atoms with Crippen LogP contribution >= 0.6 is 0 Å². The molecule has 0 radical (unpaired) electrons. The molecule has 190 valence electrons. The van der Waals surface area contributed by atoms with Gasteiger partial charge < -0.3 is 19.7 Å². The minimum atomic E-state index is -1.82. The summed E-state index contributed by atoms with van der Waals surface area (Å²) in [7, 11) is 1.69. The van der Waals surface area contributed by atoms with Crippen molar-refractivity contribution in [2.45, 2.75) is 19.7 Å². The maximum Gasteiger partial charge on any atom is 0.414 e. The molecule has 0 aliphatic carbocycles. The second-order valence-corrected chi connectivity index (χ2v) is 8.28. The molecule has 0 amide bonds. The van der Waals surface area contributed by atoms with Crippen LogP contribution in [0, 0.1) is 0 Å². The highest BCUT2D eigenvalue weighted by Gasteiger charge is 2.18. The molecule has 2 aromatic carbocycles. The molecular formula is C27H31N3O6. The van der Waals surface area contributed by atoms with Crippen LogP contribution in [0.2, 0.25) is 0 Å². The van der Waals surface area contributed by atoms with Gasteiger partial charge in [0.25, 0.3) is 0 Å². The number of hydrogen-bond acceptors (Lipinski definition) is 7. The normalized spacial score (nSPS) is 13.8. The van der Waals surface area contributed by atoms with Crippen molar-refractivity contribution in [1.82, 2.24) is 14.8 Å². The van der Waals surface area contributed by atoms with Crippen molar-refractivity contribution in [2.75, 3.05) is 33.3 Å². The first-order chi connectivity index (χ1) is 17.4. The summed E-state index contributed by atoms with van der Waals surface area (Å²) in [4.78, 5) is 27.4. The Bertz CT molecular complexity index is 1090. The van der Waals surface area contributed by atoms with E-state index in [2.05, 4.69) is 45.1 Å². The monoisotopic (exact) mass is 493 g/mol. The third kappa shape index (κ3) is 8.68. The fourth-order valence-electron chi connectivity index (χ4n) is 3.78. The molecule has 2 heterocycles. The number of carboxylic acids is 2. The molecular weight excluding hydrogens is 462 g/mol. The van der Waals surface area contributed by atoms with Gasteiger partial charge in [0.1, 0.15) is 6.61 Å². The summed E-state index contributed by atoms with van der Waals surface area (Å²) in [6.07, 6.45) is 3.79. The highest BCUT2D eigenvalue weighted by Crippen LogP contribution is 2.29. The first-order valence-electron chi connectivity index (χ1n) is 11.6. The Kier molecular flexibility index (Phi) is 10.2. The lowest BCUT2D eigenvalue weighted by Crippen LogP contribution is -2.45. The van der Waals surface area contributed by atoms with Gasteiger partial charge in [-0.15, -0.1) is 0 Å². The number of carbonyl (C=O) groups is 2. The summed E-state index contributed by atoms with van der Waals surface area (Å²) in [6.45, 7) is 6.70. The van der Waals surface area contributed by atoms with Gasteiger partial charge in [0, 0.05) is 51.7 Å². The fourth-order valence-corrected chi connectivity index (χ4v) is 3.78. The average Bonchev–Trinajstić information content (AvgIpc) is 2.90. The van der Waals surface area contributed by atoms with Crippen molar-refractivity contribution in [3.05, 3.63) is 89.7 Å². The topological polar surface area (TPSA) is 112 Å². The average molecular weight is 494 g/mol. The number of rotatable bonds is 8. The molecule has 1 fully saturated rings. The van der Waals surface area contributed by atoms with Crippen LogP contribution in [-0.4, -0.2) is 70.2 Å². The number of pyridine rings is 1. The molecule has 9 heteroatoms. The van der Waals surface area contributed by atoms with Gasteiger partial charge in [0.15, 0.2) is 11.5 Å². The minimum absolute atomic E-state index is 0.535. The van der Waals surface area contributed by atoms with Crippen molar-refractivity contribution < 1.29 is 29.3 Å². The van der Waals surface area contributed by atoms with Crippen LogP contribution in [0.5, 0.6) is 11.5 Å². The number of benzene rings is 2. The van der Waals surface area contributed by atoms with Crippen molar-refractivity contribution in [3.63, 3.8) is 0 Å². The molecule has 0 unspecified atom stereocenters. The summed E-state index contributed by atoms with van der Waals surface area (Å²) in [5.74, 6) is -2.07. The van der Waals surface area contributed by atoms with Gasteiger partial charge in [0.05, 0.1) is 7.11 Å². The van der Waals surface area contributed by atoms with Gasteiger partial charge in [-0.2, -0.15) is 0 Å². The predicted molar refractivity (Wildman–Crippen MR) is 134 cm³/mol. The van der Waals surface area contributed by atoms with Crippen LogP contribution < -0.4 is 9.47 Å². The third-order valence-corrected chi connectivity index (χ3v) is 5.65. The van der Waals surface area contributed by atoms with Gasteiger partial charge in [-0.3, -0.25) is 14.8 Å². The van der Waals surface area contributed by atoms with Crippen LogP contribution in [0.4, 0.5) is 0 Å². The number of nitrogens with zero attached hydrogens (tertiary/aromatic N) is 3. The Labute approximate surface area is 210 Å². The van der Waals surface area contributed by atoms with E-state index in [4.69, 9.17) is 29.3 Å². The molecule has 0 bridgehead atoms. The Balaban J connectivity index is 0.000000538. The highest BCUT2D eigenvalue weighted by molar-refractivity contribution is 6.27. The zero-order valence-corrected chi connectivity index (χ0v) is 20.2. The number of piperazine rings is 1. The van der Waals surface area contributed by atoms with E-state index in [0.29, 0.717) is 6.61 Å². The summed E-state index contributed by atoms with van der Waals surface area (Å²) in [5, 5.41) is 14.8. The zero-order chi connectivity index (χ0) is 25.8. The Morgan fingerprint density at radius 2 is 1.42 bits per heavy atom. The molecule has 3 aromatic rings. The summed E-state index contributed by atoms with van der Waals surface area (Å²) >= 11 is 0. The van der Waals surface area contributed by atoms with E-state index in [1.54, 1.807) is 7.11 Å². The molecule has 1 aliphatic heterocycles. The molecule has 0 saturated carbocycles. The van der Waals surface area contributed by atoms with Crippen LogP contribution in [0.25, 0.3) is 0 Å². The molecule has 0 spiro atoms. The quantitative estimate of drug-likeness (QED) is 0.457. The first-order valence-corrected chi connectivity index (χ1v) is 11.6. The van der Waals surface area contributed by atoms with E-state index in [-0.39, 0.29) is 0 Å². The van der Waals surface area contributed by atoms with E-state index in [0.717, 1.165) is 56.3 Å². The maximum atomic E-state index is 9.10. The largest absolute Gasteiger partial charge is 0.493 e. The number of carboxylic acid groups (broad SMARTS) is 2. The Morgan fingerprint density at radius 1 is 0.806 bits per heavy atom. The second kappa shape index (κ2) is 13.8. The number of ether oxygens (including phenoxy) is 2. The van der Waals surface area contributed by atoms with E-state index in [1.807, 2.05) is 42.7 Å². The zero-order valence-electron chi connectivity index (χ0n) is 20.2. The van der Waals surface area contributed by atoms with Gasteiger partial charge in [0.2, 0.25) is 0 Å². The van der Waals surface area contributed by atoms with E-state index < -0.39 is 11.9 Å². The van der Waals surface area contributed by atoms with Crippen LogP contribution in [0.15, 0.2) is 73.1 Å². The number of aliphatic carboxylic acids is 2. The van der Waals surface area contributed by atoms with Crippen molar-refractivity contribution in [3.8, 4) is 11.5 Å². The third-order valence-electron chi connectivity index (χ3n) is 5.65. The van der Waals surface area contributed by atoms with Crippen molar-refractivity contribution in [1.29, 1.82) is 0 Å². The predicted octanol–water partition coefficient (Wildman–Crippen LogP) is 3.14. The molecule has 0 atom stereocenters. The summed E-state index contributed by atoms with van der Waals surface area (Å²) < 4.78 is 11.6. The second-order valence-electron chi connectivity index (χ2n) is 8.28. The summed E-state index contributed by atoms with van der Waals surface area (Å²) in [5.41, 5.74) is 3.68. The molecule has 2 N–H and O–H groups in total. The fraction of sp³-hybridized carbons (Fsp3) is 0.296. The van der Waals surface area contributed by atoms with E-state index >= 15 is 0 Å². The van der Waals surface area contributed by atoms with Gasteiger partial charge in [-0.05, 0) is 34.9 Å². The molecule has 36 heavy (non-hydrogen) atoms. The minimum Gasteiger partial charge on any atom is -0.493 e. The summed E-state index contributed by atoms with van der Waals surface area (Å²) in [6, 6.07) is 20.6. The van der Waals surface area contributed by atoms with Crippen LogP contribution in [0.1, 0.15) is 16.7 Å². The molecule has 1 aromatic heterocycles. The van der Waals surface area contributed by atoms with Gasteiger partial charge >= 0.3 is 11.9 Å². The lowest BCUT2D eigenvalue weighted by molar-refractivity contribution is -0.159. The van der Waals surface area contributed by atoms with E-state index in [1.165, 1.54) is 11.1 Å². The Morgan fingerprint density at radius 3 is 1.97 bits per heavy atom. The van der Waals surface area contributed by atoms with Crippen LogP contribution in [0.3, 0.4) is 0 Å². The number of aromatic nitrogens is 1. The standard InChI is InChI=1S/C25H29N3O2.C2H2O4/c1-29-24-10-9-22(16-25(24)30-20-21-6-3-2-4-7-21)18-27-12-14-28(15-13-27)19-23-8-5-11-26-17-23;3-1(4)2(5)6/h2-11,16-17H,12-15,18-20H2,1H3;(H,3,4)(H,5,6). The number of hydrogen-bond donors (Lipinski definition) is 2.